The van der Waals surface area contributed by atoms with Crippen molar-refractivity contribution in [3.63, 3.8) is 0 Å². The first-order valence-electron chi connectivity index (χ1n) is 9.50. The topological polar surface area (TPSA) is 56.1 Å². The molecule has 0 radical (unpaired) electrons. The summed E-state index contributed by atoms with van der Waals surface area (Å²) in [7, 11) is 0. The molecular weight excluding hydrogens is 322 g/mol. The second-order valence-electron chi connectivity index (χ2n) is 7.62. The van der Waals surface area contributed by atoms with E-state index in [0.29, 0.717) is 11.1 Å². The minimum absolute atomic E-state index is 0.400. The van der Waals surface area contributed by atoms with Gasteiger partial charge >= 0.3 is 0 Å². The van der Waals surface area contributed by atoms with E-state index >= 15 is 0 Å². The highest BCUT2D eigenvalue weighted by atomic mass is 15.2. The van der Waals surface area contributed by atoms with E-state index in [1.807, 2.05) is 0 Å². The predicted octanol–water partition coefficient (Wildman–Crippen LogP) is 3.23. The summed E-state index contributed by atoms with van der Waals surface area (Å²) in [4.78, 5) is 13.4. The SMILES string of the molecule is N#Cc1cncc(N2CCC3(CCN(Cc4ccccc4)CC3)CC2)n1. The number of hydrogen-bond donors (Lipinski definition) is 0. The van der Waals surface area contributed by atoms with Crippen LogP contribution >= 0.6 is 0 Å². The van der Waals surface area contributed by atoms with Crippen LogP contribution in [0.5, 0.6) is 0 Å². The Morgan fingerprint density at radius 1 is 0.962 bits per heavy atom. The van der Waals surface area contributed by atoms with Crippen LogP contribution in [0, 0.1) is 16.7 Å². The van der Waals surface area contributed by atoms with Gasteiger partial charge in [0.2, 0.25) is 0 Å². The van der Waals surface area contributed by atoms with E-state index in [4.69, 9.17) is 5.26 Å². The molecule has 0 bridgehead atoms. The molecule has 26 heavy (non-hydrogen) atoms. The van der Waals surface area contributed by atoms with Crippen molar-refractivity contribution in [2.75, 3.05) is 31.1 Å². The van der Waals surface area contributed by atoms with Gasteiger partial charge in [-0.3, -0.25) is 9.88 Å². The largest absolute Gasteiger partial charge is 0.355 e. The van der Waals surface area contributed by atoms with E-state index in [0.717, 1.165) is 25.5 Å². The highest BCUT2D eigenvalue weighted by Crippen LogP contribution is 2.42. The average molecular weight is 347 g/mol. The van der Waals surface area contributed by atoms with Crippen LogP contribution in [0.15, 0.2) is 42.7 Å². The summed E-state index contributed by atoms with van der Waals surface area (Å²) < 4.78 is 0. The Kier molecular flexibility index (Phi) is 4.85. The van der Waals surface area contributed by atoms with Crippen LogP contribution in [-0.2, 0) is 6.54 Å². The maximum atomic E-state index is 9.01. The minimum Gasteiger partial charge on any atom is -0.355 e. The number of piperidine rings is 2. The Bertz CT molecular complexity index is 764. The number of hydrogen-bond acceptors (Lipinski definition) is 5. The minimum atomic E-state index is 0.400. The third-order valence-electron chi connectivity index (χ3n) is 6.05. The maximum Gasteiger partial charge on any atom is 0.161 e. The lowest BCUT2D eigenvalue weighted by Gasteiger charge is -2.47. The molecule has 3 heterocycles. The van der Waals surface area contributed by atoms with Gasteiger partial charge in [0.05, 0.1) is 12.4 Å². The first-order valence-corrected chi connectivity index (χ1v) is 9.50. The van der Waals surface area contributed by atoms with Crippen molar-refractivity contribution < 1.29 is 0 Å². The van der Waals surface area contributed by atoms with Gasteiger partial charge in [-0.1, -0.05) is 30.3 Å². The summed E-state index contributed by atoms with van der Waals surface area (Å²) >= 11 is 0. The molecule has 2 saturated heterocycles. The Hall–Kier alpha value is -2.45. The molecule has 0 N–H and O–H groups in total. The van der Waals surface area contributed by atoms with Gasteiger partial charge in [-0.25, -0.2) is 4.98 Å². The Balaban J connectivity index is 1.31. The quantitative estimate of drug-likeness (QED) is 0.853. The molecule has 2 fully saturated rings. The summed E-state index contributed by atoms with van der Waals surface area (Å²) in [6.45, 7) is 5.49. The number of anilines is 1. The van der Waals surface area contributed by atoms with Crippen molar-refractivity contribution in [3.8, 4) is 6.07 Å². The lowest BCUT2D eigenvalue weighted by atomic mass is 9.71. The Morgan fingerprint density at radius 2 is 1.65 bits per heavy atom. The molecule has 0 saturated carbocycles. The third-order valence-corrected chi connectivity index (χ3v) is 6.05. The van der Waals surface area contributed by atoms with Crippen LogP contribution < -0.4 is 4.90 Å². The zero-order valence-electron chi connectivity index (χ0n) is 15.1. The molecule has 2 aromatic rings. The van der Waals surface area contributed by atoms with Gasteiger partial charge < -0.3 is 4.90 Å². The molecule has 0 aliphatic carbocycles. The van der Waals surface area contributed by atoms with Gasteiger partial charge in [-0.05, 0) is 49.8 Å². The van der Waals surface area contributed by atoms with Crippen molar-refractivity contribution in [1.82, 2.24) is 14.9 Å². The summed E-state index contributed by atoms with van der Waals surface area (Å²) in [5.74, 6) is 0.848. The fraction of sp³-hybridized carbons (Fsp3) is 0.476. The molecule has 1 aromatic carbocycles. The van der Waals surface area contributed by atoms with Gasteiger partial charge in [-0.2, -0.15) is 5.26 Å². The molecule has 0 atom stereocenters. The number of aromatic nitrogens is 2. The summed E-state index contributed by atoms with van der Waals surface area (Å²) in [6.07, 6.45) is 8.31. The molecule has 134 valence electrons. The number of nitrogens with zero attached hydrogens (tertiary/aromatic N) is 5. The van der Waals surface area contributed by atoms with Crippen LogP contribution in [0.3, 0.4) is 0 Å². The smallest absolute Gasteiger partial charge is 0.161 e. The maximum absolute atomic E-state index is 9.01. The Labute approximate surface area is 155 Å². The molecule has 1 aromatic heterocycles. The zero-order chi connectivity index (χ0) is 17.8. The molecular formula is C21H25N5. The van der Waals surface area contributed by atoms with E-state index in [1.165, 1.54) is 50.5 Å². The normalized spacial score (nSPS) is 20.0. The third kappa shape index (κ3) is 3.71. The molecule has 0 amide bonds. The number of rotatable bonds is 3. The monoisotopic (exact) mass is 347 g/mol. The second kappa shape index (κ2) is 7.43. The summed E-state index contributed by atoms with van der Waals surface area (Å²) in [5, 5.41) is 9.01. The molecule has 5 heteroatoms. The standard InChI is InChI=1S/C21H25N5/c22-14-19-15-23-16-20(24-19)26-12-8-21(9-13-26)6-10-25(11-7-21)17-18-4-2-1-3-5-18/h1-5,15-16H,6-13,17H2. The van der Waals surface area contributed by atoms with Crippen LogP contribution in [0.1, 0.15) is 36.9 Å². The first kappa shape index (κ1) is 17.0. The van der Waals surface area contributed by atoms with Crippen LogP contribution in [0.2, 0.25) is 0 Å². The fourth-order valence-electron chi connectivity index (χ4n) is 4.30. The number of benzene rings is 1. The van der Waals surface area contributed by atoms with E-state index < -0.39 is 0 Å². The molecule has 4 rings (SSSR count). The predicted molar refractivity (Wildman–Crippen MR) is 102 cm³/mol. The van der Waals surface area contributed by atoms with E-state index in [-0.39, 0.29) is 0 Å². The lowest BCUT2D eigenvalue weighted by molar-refractivity contribution is 0.0757. The fourth-order valence-corrected chi connectivity index (χ4v) is 4.30. The highest BCUT2D eigenvalue weighted by molar-refractivity contribution is 5.39. The molecule has 1 spiro atoms. The summed E-state index contributed by atoms with van der Waals surface area (Å²) in [6, 6.07) is 12.9. The van der Waals surface area contributed by atoms with Crippen LogP contribution in [0.25, 0.3) is 0 Å². The molecule has 2 aliphatic rings. The number of nitriles is 1. The first-order chi connectivity index (χ1) is 12.8. The molecule has 0 unspecified atom stereocenters. The van der Waals surface area contributed by atoms with Crippen molar-refractivity contribution in [3.05, 3.63) is 54.0 Å². The highest BCUT2D eigenvalue weighted by Gasteiger charge is 2.37. The molecule has 2 aliphatic heterocycles. The van der Waals surface area contributed by atoms with Gasteiger partial charge in [0, 0.05) is 19.6 Å². The molecule has 5 nitrogen and oxygen atoms in total. The van der Waals surface area contributed by atoms with E-state index in [1.54, 1.807) is 6.20 Å². The number of likely N-dealkylation sites (tertiary alicyclic amines) is 1. The van der Waals surface area contributed by atoms with Crippen LogP contribution in [-0.4, -0.2) is 41.0 Å². The van der Waals surface area contributed by atoms with Gasteiger partial charge in [0.25, 0.3) is 0 Å². The van der Waals surface area contributed by atoms with Gasteiger partial charge in [-0.15, -0.1) is 0 Å². The average Bonchev–Trinajstić information content (AvgIpc) is 2.71. The zero-order valence-corrected chi connectivity index (χ0v) is 15.1. The van der Waals surface area contributed by atoms with Crippen LogP contribution in [0.4, 0.5) is 5.82 Å². The van der Waals surface area contributed by atoms with E-state index in [2.05, 4.69) is 56.2 Å². The lowest BCUT2D eigenvalue weighted by Crippen LogP contribution is -2.46. The van der Waals surface area contributed by atoms with E-state index in [9.17, 15) is 0 Å². The van der Waals surface area contributed by atoms with Crippen molar-refractivity contribution in [2.45, 2.75) is 32.2 Å². The van der Waals surface area contributed by atoms with Gasteiger partial charge in [0.15, 0.2) is 5.69 Å². The van der Waals surface area contributed by atoms with Crippen molar-refractivity contribution >= 4 is 5.82 Å². The van der Waals surface area contributed by atoms with Crippen molar-refractivity contribution in [1.29, 1.82) is 5.26 Å². The summed E-state index contributed by atoms with van der Waals surface area (Å²) in [5.41, 5.74) is 2.30. The van der Waals surface area contributed by atoms with Gasteiger partial charge in [0.1, 0.15) is 11.9 Å². The second-order valence-corrected chi connectivity index (χ2v) is 7.62. The van der Waals surface area contributed by atoms with Crippen molar-refractivity contribution in [2.24, 2.45) is 5.41 Å². The Morgan fingerprint density at radius 3 is 2.35 bits per heavy atom.